The van der Waals surface area contributed by atoms with E-state index in [4.69, 9.17) is 4.74 Å². The Balaban J connectivity index is 3.11. The molecular weight excluding hydrogens is 322 g/mol. The van der Waals surface area contributed by atoms with Gasteiger partial charge in [-0.15, -0.1) is 0 Å². The van der Waals surface area contributed by atoms with Crippen molar-refractivity contribution in [2.45, 2.75) is 32.7 Å². The topological polar surface area (TPSA) is 49.8 Å². The van der Waals surface area contributed by atoms with Crippen molar-refractivity contribution in [2.75, 3.05) is 19.0 Å². The molecule has 0 spiro atoms. The smallest absolute Gasteiger partial charge is 0.258 e. The van der Waals surface area contributed by atoms with Gasteiger partial charge in [0.2, 0.25) is 0 Å². The number of aromatic hydroxyl groups is 1. The lowest BCUT2D eigenvalue weighted by atomic mass is 10.1. The van der Waals surface area contributed by atoms with Crippen LogP contribution in [0, 0.1) is 0 Å². The fourth-order valence-corrected chi connectivity index (χ4v) is 2.62. The molecule has 20 heavy (non-hydrogen) atoms. The van der Waals surface area contributed by atoms with Crippen molar-refractivity contribution in [1.29, 1.82) is 0 Å². The lowest BCUT2D eigenvalue weighted by Crippen LogP contribution is -2.41. The van der Waals surface area contributed by atoms with Crippen LogP contribution < -0.4 is 4.74 Å². The maximum absolute atomic E-state index is 12.7. The first-order chi connectivity index (χ1) is 9.58. The summed E-state index contributed by atoms with van der Waals surface area (Å²) in [5.74, 6) is 0.394. The van der Waals surface area contributed by atoms with E-state index in [1.165, 1.54) is 13.2 Å². The fraction of sp³-hybridized carbons (Fsp3) is 0.533. The number of amides is 1. The van der Waals surface area contributed by atoms with E-state index in [-0.39, 0.29) is 23.3 Å². The van der Waals surface area contributed by atoms with Gasteiger partial charge in [-0.05, 0) is 31.0 Å². The van der Waals surface area contributed by atoms with Crippen molar-refractivity contribution in [3.63, 3.8) is 0 Å². The highest BCUT2D eigenvalue weighted by Gasteiger charge is 2.24. The number of carbonyl (C=O) groups is 1. The normalized spacial score (nSPS) is 10.7. The number of ether oxygens (including phenoxy) is 1. The number of halogens is 1. The fourth-order valence-electron chi connectivity index (χ4n) is 2.24. The van der Waals surface area contributed by atoms with Crippen LogP contribution in [0.15, 0.2) is 18.2 Å². The number of nitrogens with zero attached hydrogens (tertiary/aromatic N) is 1. The Bertz CT molecular complexity index is 447. The Morgan fingerprint density at radius 2 is 2.05 bits per heavy atom. The predicted octanol–water partition coefficient (Wildman–Crippen LogP) is 3.43. The molecule has 0 radical (unpaired) electrons. The van der Waals surface area contributed by atoms with E-state index in [1.54, 1.807) is 12.1 Å². The van der Waals surface area contributed by atoms with E-state index < -0.39 is 0 Å². The summed E-state index contributed by atoms with van der Waals surface area (Å²) in [5.41, 5.74) is 0.289. The average molecular weight is 344 g/mol. The third-order valence-electron chi connectivity index (χ3n) is 3.40. The van der Waals surface area contributed by atoms with Gasteiger partial charge < -0.3 is 14.7 Å². The summed E-state index contributed by atoms with van der Waals surface area (Å²) in [7, 11) is 1.54. The van der Waals surface area contributed by atoms with Crippen LogP contribution in [0.1, 0.15) is 37.0 Å². The van der Waals surface area contributed by atoms with Gasteiger partial charge >= 0.3 is 0 Å². The van der Waals surface area contributed by atoms with Gasteiger partial charge in [0.15, 0.2) is 0 Å². The molecule has 5 heteroatoms. The zero-order valence-electron chi connectivity index (χ0n) is 12.2. The third kappa shape index (κ3) is 3.88. The molecule has 1 aromatic carbocycles. The van der Waals surface area contributed by atoms with Crippen LogP contribution in [0.5, 0.6) is 11.5 Å². The minimum atomic E-state index is -0.158. The van der Waals surface area contributed by atoms with E-state index in [1.807, 2.05) is 4.90 Å². The molecule has 4 nitrogen and oxygen atoms in total. The summed E-state index contributed by atoms with van der Waals surface area (Å²) in [6, 6.07) is 4.88. The van der Waals surface area contributed by atoms with Crippen LogP contribution in [-0.2, 0) is 0 Å². The zero-order valence-corrected chi connectivity index (χ0v) is 13.8. The Kier molecular flexibility index (Phi) is 6.85. The van der Waals surface area contributed by atoms with Crippen molar-refractivity contribution in [2.24, 2.45) is 0 Å². The Hall–Kier alpha value is -1.23. The van der Waals surface area contributed by atoms with E-state index in [9.17, 15) is 9.90 Å². The first-order valence-corrected chi connectivity index (χ1v) is 7.95. The van der Waals surface area contributed by atoms with Crippen molar-refractivity contribution in [3.05, 3.63) is 23.8 Å². The van der Waals surface area contributed by atoms with E-state index in [0.717, 1.165) is 12.8 Å². The molecule has 0 bridgehead atoms. The molecular formula is C15H22BrNO3. The molecule has 0 aliphatic rings. The largest absolute Gasteiger partial charge is 0.507 e. The molecule has 0 unspecified atom stereocenters. The van der Waals surface area contributed by atoms with E-state index in [2.05, 4.69) is 29.8 Å². The van der Waals surface area contributed by atoms with Gasteiger partial charge in [0, 0.05) is 17.9 Å². The summed E-state index contributed by atoms with van der Waals surface area (Å²) < 4.78 is 5.12. The number of alkyl halides is 1. The number of hydrogen-bond donors (Lipinski definition) is 1. The number of methoxy groups -OCH3 is 1. The number of carbonyl (C=O) groups excluding carboxylic acids is 1. The molecule has 0 saturated heterocycles. The van der Waals surface area contributed by atoms with Crippen LogP contribution in [0.2, 0.25) is 0 Å². The monoisotopic (exact) mass is 343 g/mol. The van der Waals surface area contributed by atoms with Crippen LogP contribution >= 0.6 is 15.9 Å². The molecule has 0 aliphatic carbocycles. The highest BCUT2D eigenvalue weighted by atomic mass is 79.9. The average Bonchev–Trinajstić information content (AvgIpc) is 2.47. The first-order valence-electron chi connectivity index (χ1n) is 6.82. The molecule has 0 fully saturated rings. The van der Waals surface area contributed by atoms with Crippen LogP contribution in [0.25, 0.3) is 0 Å². The van der Waals surface area contributed by atoms with Crippen molar-refractivity contribution in [1.82, 2.24) is 4.90 Å². The predicted molar refractivity (Wildman–Crippen MR) is 83.9 cm³/mol. The number of rotatable bonds is 7. The highest BCUT2D eigenvalue weighted by molar-refractivity contribution is 9.09. The maximum atomic E-state index is 12.7. The summed E-state index contributed by atoms with van der Waals surface area (Å²) in [6.07, 6.45) is 1.78. The third-order valence-corrected chi connectivity index (χ3v) is 3.76. The standard InChI is InChI=1S/C15H22BrNO3/c1-4-11(5-2)17(9-8-16)15(19)13-10-12(20-3)6-7-14(13)18/h6-7,10-11,18H,4-5,8-9H2,1-3H3. The second kappa shape index (κ2) is 8.15. The van der Waals surface area contributed by atoms with Crippen molar-refractivity contribution in [3.8, 4) is 11.5 Å². The Morgan fingerprint density at radius 3 is 2.55 bits per heavy atom. The van der Waals surface area contributed by atoms with E-state index >= 15 is 0 Å². The number of hydrogen-bond acceptors (Lipinski definition) is 3. The molecule has 1 rings (SSSR count). The summed E-state index contributed by atoms with van der Waals surface area (Å²) in [6.45, 7) is 4.74. The molecule has 0 heterocycles. The number of benzene rings is 1. The Labute approximate surface area is 128 Å². The van der Waals surface area contributed by atoms with Crippen LogP contribution in [-0.4, -0.2) is 40.9 Å². The van der Waals surface area contributed by atoms with Crippen molar-refractivity contribution < 1.29 is 14.6 Å². The minimum absolute atomic E-state index is 0.0127. The molecule has 0 aliphatic heterocycles. The number of phenols is 1. The first kappa shape index (κ1) is 16.8. The quantitative estimate of drug-likeness (QED) is 0.771. The summed E-state index contributed by atoms with van der Waals surface area (Å²) >= 11 is 3.38. The lowest BCUT2D eigenvalue weighted by Gasteiger charge is -2.30. The lowest BCUT2D eigenvalue weighted by molar-refractivity contribution is 0.0679. The number of phenolic OH excluding ortho intramolecular Hbond substituents is 1. The molecule has 0 atom stereocenters. The van der Waals surface area contributed by atoms with Gasteiger partial charge in [-0.1, -0.05) is 29.8 Å². The molecule has 1 aromatic rings. The van der Waals surface area contributed by atoms with Gasteiger partial charge in [0.05, 0.1) is 12.7 Å². The van der Waals surface area contributed by atoms with E-state index in [0.29, 0.717) is 17.6 Å². The highest BCUT2D eigenvalue weighted by Crippen LogP contribution is 2.25. The molecule has 0 saturated carbocycles. The molecule has 112 valence electrons. The second-order valence-electron chi connectivity index (χ2n) is 4.54. The minimum Gasteiger partial charge on any atom is -0.507 e. The Morgan fingerprint density at radius 1 is 1.40 bits per heavy atom. The summed E-state index contributed by atoms with van der Waals surface area (Å²) in [4.78, 5) is 14.5. The van der Waals surface area contributed by atoms with Gasteiger partial charge in [0.25, 0.3) is 5.91 Å². The van der Waals surface area contributed by atoms with Crippen LogP contribution in [0.4, 0.5) is 0 Å². The maximum Gasteiger partial charge on any atom is 0.258 e. The van der Waals surface area contributed by atoms with Gasteiger partial charge in [-0.2, -0.15) is 0 Å². The molecule has 0 aromatic heterocycles. The summed E-state index contributed by atoms with van der Waals surface area (Å²) in [5, 5.41) is 10.6. The zero-order chi connectivity index (χ0) is 15.1. The second-order valence-corrected chi connectivity index (χ2v) is 5.33. The van der Waals surface area contributed by atoms with Crippen molar-refractivity contribution >= 4 is 21.8 Å². The molecule has 1 N–H and O–H groups in total. The molecule has 1 amide bonds. The van der Waals surface area contributed by atoms with Gasteiger partial charge in [-0.25, -0.2) is 0 Å². The van der Waals surface area contributed by atoms with Gasteiger partial charge in [0.1, 0.15) is 11.5 Å². The van der Waals surface area contributed by atoms with Gasteiger partial charge in [-0.3, -0.25) is 4.79 Å². The van der Waals surface area contributed by atoms with Crippen LogP contribution in [0.3, 0.4) is 0 Å². The SMILES string of the molecule is CCC(CC)N(CCBr)C(=O)c1cc(OC)ccc1O.